The van der Waals surface area contributed by atoms with Crippen LogP contribution in [0, 0.1) is 0 Å². The Kier molecular flexibility index (Phi) is 7.78. The standard InChI is InChI=1S/C21H30N2O4.H2S/c1-3-21(11-4-5-12-22(2)15-21)16-8-6-9-17(14-16)27-20(26)23-13-7-10-18(23)19(24)25;/h6,8-9,14,18H,3-5,7,10-13,15H2,1-2H3,(H,24,25);1H2/t18-,21?;/m0./s1. The van der Waals surface area contributed by atoms with Gasteiger partial charge in [0.1, 0.15) is 11.8 Å². The van der Waals surface area contributed by atoms with E-state index in [0.717, 1.165) is 25.9 Å². The van der Waals surface area contributed by atoms with Crippen LogP contribution in [0.25, 0.3) is 0 Å². The molecule has 2 aliphatic rings. The second kappa shape index (κ2) is 9.65. The average molecular weight is 409 g/mol. The van der Waals surface area contributed by atoms with Gasteiger partial charge in [-0.2, -0.15) is 13.5 Å². The van der Waals surface area contributed by atoms with E-state index in [1.54, 1.807) is 6.07 Å². The maximum Gasteiger partial charge on any atom is 0.415 e. The topological polar surface area (TPSA) is 70.1 Å². The zero-order valence-electron chi connectivity index (χ0n) is 16.8. The molecule has 0 spiro atoms. The number of amides is 1. The molecule has 0 aliphatic carbocycles. The molecule has 0 bridgehead atoms. The van der Waals surface area contributed by atoms with Gasteiger partial charge in [-0.1, -0.05) is 25.5 Å². The number of likely N-dealkylation sites (tertiary alicyclic amines) is 2. The smallest absolute Gasteiger partial charge is 0.415 e. The van der Waals surface area contributed by atoms with Gasteiger partial charge in [-0.25, -0.2) is 9.59 Å². The maximum atomic E-state index is 12.5. The first-order chi connectivity index (χ1) is 12.9. The van der Waals surface area contributed by atoms with Crippen LogP contribution in [-0.4, -0.2) is 59.7 Å². The first-order valence-corrected chi connectivity index (χ1v) is 9.95. The molecule has 1 amide bonds. The second-order valence-electron chi connectivity index (χ2n) is 7.91. The predicted molar refractivity (Wildman–Crippen MR) is 114 cm³/mol. The Balaban J connectivity index is 0.00000280. The number of hydrogen-bond acceptors (Lipinski definition) is 4. The lowest BCUT2D eigenvalue weighted by Gasteiger charge is -2.35. The highest BCUT2D eigenvalue weighted by molar-refractivity contribution is 7.59. The molecule has 2 aliphatic heterocycles. The first-order valence-electron chi connectivity index (χ1n) is 9.95. The van der Waals surface area contributed by atoms with E-state index >= 15 is 0 Å². The Labute approximate surface area is 174 Å². The fourth-order valence-electron chi connectivity index (χ4n) is 4.54. The summed E-state index contributed by atoms with van der Waals surface area (Å²) in [6.07, 6.45) is 5.16. The van der Waals surface area contributed by atoms with Crippen molar-refractivity contribution in [3.63, 3.8) is 0 Å². The summed E-state index contributed by atoms with van der Waals surface area (Å²) in [4.78, 5) is 27.5. The van der Waals surface area contributed by atoms with E-state index in [4.69, 9.17) is 4.74 Å². The van der Waals surface area contributed by atoms with Gasteiger partial charge in [-0.15, -0.1) is 0 Å². The summed E-state index contributed by atoms with van der Waals surface area (Å²) < 4.78 is 5.57. The third-order valence-electron chi connectivity index (χ3n) is 6.12. The lowest BCUT2D eigenvalue weighted by molar-refractivity contribution is -0.141. The Morgan fingerprint density at radius 3 is 2.75 bits per heavy atom. The summed E-state index contributed by atoms with van der Waals surface area (Å²) >= 11 is 0. The van der Waals surface area contributed by atoms with E-state index < -0.39 is 18.1 Å². The molecular formula is C21H32N2O4S. The number of nitrogens with zero attached hydrogens (tertiary/aromatic N) is 2. The molecule has 0 saturated carbocycles. The van der Waals surface area contributed by atoms with Crippen LogP contribution in [0.15, 0.2) is 24.3 Å². The van der Waals surface area contributed by atoms with Gasteiger partial charge in [0.25, 0.3) is 0 Å². The van der Waals surface area contributed by atoms with Crippen LogP contribution in [0.2, 0.25) is 0 Å². The quantitative estimate of drug-likeness (QED) is 0.824. The number of ether oxygens (including phenoxy) is 1. The minimum absolute atomic E-state index is 0. The minimum Gasteiger partial charge on any atom is -0.480 e. The Bertz CT molecular complexity index is 699. The van der Waals surface area contributed by atoms with Gasteiger partial charge in [-0.3, -0.25) is 4.90 Å². The van der Waals surface area contributed by atoms with Gasteiger partial charge in [0, 0.05) is 18.5 Å². The van der Waals surface area contributed by atoms with E-state index in [9.17, 15) is 14.7 Å². The average Bonchev–Trinajstić information content (AvgIpc) is 3.07. The third-order valence-corrected chi connectivity index (χ3v) is 6.12. The van der Waals surface area contributed by atoms with Crippen molar-refractivity contribution in [1.29, 1.82) is 0 Å². The largest absolute Gasteiger partial charge is 0.480 e. The zero-order valence-corrected chi connectivity index (χ0v) is 17.8. The molecule has 2 saturated heterocycles. The molecule has 1 unspecified atom stereocenters. The number of carbonyl (C=O) groups excluding carboxylic acids is 1. The van der Waals surface area contributed by atoms with Crippen LogP contribution < -0.4 is 4.74 Å². The maximum absolute atomic E-state index is 12.5. The number of hydrogen-bond donors (Lipinski definition) is 1. The number of carboxylic acid groups (broad SMARTS) is 1. The van der Waals surface area contributed by atoms with Gasteiger partial charge in [-0.05, 0) is 63.4 Å². The number of rotatable bonds is 4. The molecule has 0 aromatic heterocycles. The number of carbonyl (C=O) groups is 2. The summed E-state index contributed by atoms with van der Waals surface area (Å²) in [5, 5.41) is 9.28. The molecule has 156 valence electrons. The molecule has 1 aromatic carbocycles. The summed E-state index contributed by atoms with van der Waals surface area (Å²) in [7, 11) is 2.17. The summed E-state index contributed by atoms with van der Waals surface area (Å²) in [5.74, 6) is -0.474. The molecule has 2 heterocycles. The normalized spacial score (nSPS) is 25.6. The SMILES string of the molecule is CCC1(c2cccc(OC(=O)N3CCC[C@H]3C(=O)O)c2)CCCCN(C)C1.S. The van der Waals surface area contributed by atoms with Gasteiger partial charge >= 0.3 is 12.1 Å². The van der Waals surface area contributed by atoms with E-state index in [0.29, 0.717) is 25.1 Å². The lowest BCUT2D eigenvalue weighted by Crippen LogP contribution is -2.42. The van der Waals surface area contributed by atoms with Crippen LogP contribution in [0.5, 0.6) is 5.75 Å². The van der Waals surface area contributed by atoms with Crippen LogP contribution in [0.3, 0.4) is 0 Å². The molecular weight excluding hydrogens is 376 g/mol. The van der Waals surface area contributed by atoms with Crippen LogP contribution in [-0.2, 0) is 10.2 Å². The minimum atomic E-state index is -0.968. The van der Waals surface area contributed by atoms with E-state index in [2.05, 4.69) is 24.9 Å². The first kappa shape index (κ1) is 22.6. The van der Waals surface area contributed by atoms with E-state index in [1.165, 1.54) is 23.3 Å². The Morgan fingerprint density at radius 1 is 1.25 bits per heavy atom. The Morgan fingerprint density at radius 2 is 2.04 bits per heavy atom. The van der Waals surface area contributed by atoms with Crippen molar-refractivity contribution < 1.29 is 19.4 Å². The van der Waals surface area contributed by atoms with Crippen molar-refractivity contribution in [2.24, 2.45) is 0 Å². The van der Waals surface area contributed by atoms with Gasteiger partial charge in [0.15, 0.2) is 0 Å². The van der Waals surface area contributed by atoms with E-state index in [1.807, 2.05) is 12.1 Å². The molecule has 2 atom stereocenters. The van der Waals surface area contributed by atoms with Crippen molar-refractivity contribution in [3.8, 4) is 5.75 Å². The number of benzene rings is 1. The lowest BCUT2D eigenvalue weighted by atomic mass is 9.74. The van der Waals surface area contributed by atoms with Gasteiger partial charge in [0.05, 0.1) is 0 Å². The zero-order chi connectivity index (χ0) is 19.4. The molecule has 0 radical (unpaired) electrons. The fraction of sp³-hybridized carbons (Fsp3) is 0.619. The third kappa shape index (κ3) is 4.81. The summed E-state index contributed by atoms with van der Waals surface area (Å²) in [5.41, 5.74) is 1.26. The molecule has 28 heavy (non-hydrogen) atoms. The predicted octanol–water partition coefficient (Wildman–Crippen LogP) is 3.61. The highest BCUT2D eigenvalue weighted by atomic mass is 32.1. The highest BCUT2D eigenvalue weighted by Crippen LogP contribution is 2.37. The molecule has 2 fully saturated rings. The monoisotopic (exact) mass is 408 g/mol. The van der Waals surface area contributed by atoms with Crippen molar-refractivity contribution in [3.05, 3.63) is 29.8 Å². The summed E-state index contributed by atoms with van der Waals surface area (Å²) in [6, 6.07) is 7.01. The number of carboxylic acids is 1. The van der Waals surface area contributed by atoms with E-state index in [-0.39, 0.29) is 18.9 Å². The Hall–Kier alpha value is -1.73. The van der Waals surface area contributed by atoms with Gasteiger partial charge in [0.2, 0.25) is 0 Å². The van der Waals surface area contributed by atoms with Crippen molar-refractivity contribution in [2.45, 2.75) is 56.9 Å². The number of aliphatic carboxylic acids is 1. The molecule has 6 nitrogen and oxygen atoms in total. The second-order valence-corrected chi connectivity index (χ2v) is 7.91. The van der Waals surface area contributed by atoms with Crippen LogP contribution in [0.1, 0.15) is 51.0 Å². The van der Waals surface area contributed by atoms with Crippen molar-refractivity contribution in [1.82, 2.24) is 9.80 Å². The summed E-state index contributed by atoms with van der Waals surface area (Å²) in [6.45, 7) is 4.76. The van der Waals surface area contributed by atoms with Crippen LogP contribution in [0.4, 0.5) is 4.79 Å². The van der Waals surface area contributed by atoms with Crippen molar-refractivity contribution >= 4 is 25.6 Å². The van der Waals surface area contributed by atoms with Crippen molar-refractivity contribution in [2.75, 3.05) is 26.7 Å². The fourth-order valence-corrected chi connectivity index (χ4v) is 4.54. The van der Waals surface area contributed by atoms with Gasteiger partial charge < -0.3 is 14.7 Å². The molecule has 1 aromatic rings. The molecule has 1 N–H and O–H groups in total. The highest BCUT2D eigenvalue weighted by Gasteiger charge is 2.36. The van der Waals surface area contributed by atoms with Crippen LogP contribution >= 0.6 is 13.5 Å². The molecule has 7 heteroatoms. The molecule has 3 rings (SSSR count). The number of likely N-dealkylation sites (N-methyl/N-ethyl adjacent to an activating group) is 1.